The zero-order valence-corrected chi connectivity index (χ0v) is 19.3. The van der Waals surface area contributed by atoms with Gasteiger partial charge in [0.15, 0.2) is 0 Å². The summed E-state index contributed by atoms with van der Waals surface area (Å²) < 4.78 is 31.6. The zero-order chi connectivity index (χ0) is 23.1. The minimum atomic E-state index is -3.66. The predicted octanol–water partition coefficient (Wildman–Crippen LogP) is 4.22. The van der Waals surface area contributed by atoms with Crippen LogP contribution >= 0.6 is 0 Å². The highest BCUT2D eigenvalue weighted by Crippen LogP contribution is 2.22. The predicted molar refractivity (Wildman–Crippen MR) is 127 cm³/mol. The molecule has 1 atom stereocenters. The van der Waals surface area contributed by atoms with Crippen molar-refractivity contribution in [1.82, 2.24) is 5.32 Å². The van der Waals surface area contributed by atoms with Gasteiger partial charge in [0.1, 0.15) is 18.9 Å². The molecule has 0 aromatic heterocycles. The van der Waals surface area contributed by atoms with Gasteiger partial charge in [-0.1, -0.05) is 60.2 Å². The zero-order valence-electron chi connectivity index (χ0n) is 18.5. The number of amides is 1. The van der Waals surface area contributed by atoms with Gasteiger partial charge in [-0.05, 0) is 49.2 Å². The number of nitrogens with zero attached hydrogens (tertiary/aromatic N) is 1. The van der Waals surface area contributed by atoms with Crippen molar-refractivity contribution in [3.63, 3.8) is 0 Å². The van der Waals surface area contributed by atoms with Crippen molar-refractivity contribution in [3.05, 3.63) is 95.6 Å². The third-order valence-electron chi connectivity index (χ3n) is 5.02. The molecule has 3 aromatic rings. The maximum atomic E-state index is 12.6. The molecule has 0 bridgehead atoms. The van der Waals surface area contributed by atoms with Gasteiger partial charge in [-0.2, -0.15) is 0 Å². The maximum absolute atomic E-state index is 12.6. The maximum Gasteiger partial charge on any atom is 0.241 e. The fraction of sp³-hybridized carbons (Fsp3) is 0.240. The molecule has 0 radical (unpaired) electrons. The van der Waals surface area contributed by atoms with Gasteiger partial charge < -0.3 is 10.1 Å². The van der Waals surface area contributed by atoms with E-state index in [0.29, 0.717) is 18.0 Å². The van der Waals surface area contributed by atoms with E-state index in [1.165, 1.54) is 0 Å². The molecular weight excluding hydrogens is 424 g/mol. The number of sulfonamides is 1. The summed E-state index contributed by atoms with van der Waals surface area (Å²) in [5.74, 6) is 0.233. The molecule has 0 aliphatic rings. The fourth-order valence-electron chi connectivity index (χ4n) is 3.21. The number of hydrogen-bond donors (Lipinski definition) is 1. The quantitative estimate of drug-likeness (QED) is 0.528. The number of rotatable bonds is 9. The lowest BCUT2D eigenvalue weighted by molar-refractivity contribution is -0.120. The van der Waals surface area contributed by atoms with E-state index < -0.39 is 10.0 Å². The second kappa shape index (κ2) is 10.3. The van der Waals surface area contributed by atoms with Crippen LogP contribution in [0, 0.1) is 6.92 Å². The lowest BCUT2D eigenvalue weighted by atomic mass is 10.1. The average molecular weight is 453 g/mol. The molecule has 0 aliphatic heterocycles. The van der Waals surface area contributed by atoms with E-state index in [2.05, 4.69) is 5.32 Å². The van der Waals surface area contributed by atoms with Crippen molar-refractivity contribution in [2.45, 2.75) is 26.5 Å². The number of ether oxygens (including phenoxy) is 1. The first kappa shape index (κ1) is 23.3. The SMILES string of the molecule is Cc1ccc([C@H](C)NC(=O)CN(c2ccc(OCc3ccccc3)cc2)S(C)(=O)=O)cc1. The van der Waals surface area contributed by atoms with Crippen LogP contribution in [-0.4, -0.2) is 27.1 Å². The Balaban J connectivity index is 1.65. The molecule has 0 spiro atoms. The number of aryl methyl sites for hydroxylation is 1. The van der Waals surface area contributed by atoms with Crippen LogP contribution in [0.25, 0.3) is 0 Å². The molecule has 0 heterocycles. The van der Waals surface area contributed by atoms with Crippen molar-refractivity contribution in [2.75, 3.05) is 17.1 Å². The Morgan fingerprint density at radius 3 is 2.19 bits per heavy atom. The van der Waals surface area contributed by atoms with E-state index in [1.807, 2.05) is 68.4 Å². The first-order chi connectivity index (χ1) is 15.2. The summed E-state index contributed by atoms with van der Waals surface area (Å²) >= 11 is 0. The van der Waals surface area contributed by atoms with Crippen molar-refractivity contribution in [1.29, 1.82) is 0 Å². The molecule has 1 N–H and O–H groups in total. The van der Waals surface area contributed by atoms with Crippen molar-refractivity contribution in [3.8, 4) is 5.75 Å². The summed E-state index contributed by atoms with van der Waals surface area (Å²) in [6, 6.07) is 24.0. The normalized spacial score (nSPS) is 12.1. The molecule has 168 valence electrons. The van der Waals surface area contributed by atoms with E-state index >= 15 is 0 Å². The van der Waals surface area contributed by atoms with E-state index in [9.17, 15) is 13.2 Å². The molecule has 0 unspecified atom stereocenters. The molecule has 7 heteroatoms. The lowest BCUT2D eigenvalue weighted by Crippen LogP contribution is -2.41. The highest BCUT2D eigenvalue weighted by Gasteiger charge is 2.22. The lowest BCUT2D eigenvalue weighted by Gasteiger charge is -2.23. The standard InChI is InChI=1S/C25H28N2O4S/c1-19-9-11-22(12-10-19)20(2)26-25(28)17-27(32(3,29)30)23-13-15-24(16-14-23)31-18-21-7-5-4-6-8-21/h4-16,20H,17-18H2,1-3H3,(H,26,28)/t20-/m0/s1. The van der Waals surface area contributed by atoms with E-state index in [1.54, 1.807) is 24.3 Å². The smallest absolute Gasteiger partial charge is 0.241 e. The summed E-state index contributed by atoms with van der Waals surface area (Å²) in [6.07, 6.45) is 1.09. The van der Waals surface area contributed by atoms with Gasteiger partial charge in [0.2, 0.25) is 15.9 Å². The van der Waals surface area contributed by atoms with Crippen LogP contribution in [0.2, 0.25) is 0 Å². The molecule has 1 amide bonds. The molecule has 0 saturated carbocycles. The molecular formula is C25H28N2O4S. The van der Waals surface area contributed by atoms with Gasteiger partial charge in [0.25, 0.3) is 0 Å². The van der Waals surface area contributed by atoms with Crippen LogP contribution in [0.5, 0.6) is 5.75 Å². The van der Waals surface area contributed by atoms with Crippen LogP contribution in [0.4, 0.5) is 5.69 Å². The minimum Gasteiger partial charge on any atom is -0.489 e. The second-order valence-corrected chi connectivity index (χ2v) is 9.64. The number of benzene rings is 3. The summed E-state index contributed by atoms with van der Waals surface area (Å²) in [4.78, 5) is 12.6. The third-order valence-corrected chi connectivity index (χ3v) is 6.16. The molecule has 32 heavy (non-hydrogen) atoms. The summed E-state index contributed by atoms with van der Waals surface area (Å²) in [7, 11) is -3.66. The van der Waals surface area contributed by atoms with Crippen LogP contribution < -0.4 is 14.4 Å². The van der Waals surface area contributed by atoms with E-state index in [0.717, 1.165) is 27.3 Å². The van der Waals surface area contributed by atoms with Gasteiger partial charge >= 0.3 is 0 Å². The largest absolute Gasteiger partial charge is 0.489 e. The number of carbonyl (C=O) groups excluding carboxylic acids is 1. The van der Waals surface area contributed by atoms with Crippen molar-refractivity contribution >= 4 is 21.6 Å². The first-order valence-electron chi connectivity index (χ1n) is 10.3. The highest BCUT2D eigenvalue weighted by atomic mass is 32.2. The Morgan fingerprint density at radius 1 is 0.969 bits per heavy atom. The van der Waals surface area contributed by atoms with E-state index in [-0.39, 0.29) is 18.5 Å². The Labute approximate surface area is 189 Å². The number of anilines is 1. The van der Waals surface area contributed by atoms with Crippen LogP contribution in [0.1, 0.15) is 29.7 Å². The summed E-state index contributed by atoms with van der Waals surface area (Å²) in [5, 5.41) is 2.87. The third kappa shape index (κ3) is 6.59. The Bertz CT molecular complexity index is 1130. The summed E-state index contributed by atoms with van der Waals surface area (Å²) in [6.45, 7) is 3.97. The van der Waals surface area contributed by atoms with Crippen LogP contribution in [0.3, 0.4) is 0 Å². The summed E-state index contributed by atoms with van der Waals surface area (Å²) in [5.41, 5.74) is 3.52. The Morgan fingerprint density at radius 2 is 1.59 bits per heavy atom. The number of hydrogen-bond acceptors (Lipinski definition) is 4. The molecule has 3 aromatic carbocycles. The molecule has 0 aliphatic carbocycles. The van der Waals surface area contributed by atoms with Crippen molar-refractivity contribution in [2.24, 2.45) is 0 Å². The fourth-order valence-corrected chi connectivity index (χ4v) is 4.06. The Kier molecular flexibility index (Phi) is 7.53. The minimum absolute atomic E-state index is 0.238. The van der Waals surface area contributed by atoms with E-state index in [4.69, 9.17) is 4.74 Å². The number of nitrogens with one attached hydrogen (secondary N) is 1. The topological polar surface area (TPSA) is 75.7 Å². The second-order valence-electron chi connectivity index (χ2n) is 7.74. The van der Waals surface area contributed by atoms with Gasteiger partial charge in [0.05, 0.1) is 18.0 Å². The van der Waals surface area contributed by atoms with Gasteiger partial charge in [-0.25, -0.2) is 8.42 Å². The molecule has 0 fully saturated rings. The molecule has 3 rings (SSSR count). The van der Waals surface area contributed by atoms with Crippen LogP contribution in [-0.2, 0) is 21.4 Å². The molecule has 6 nitrogen and oxygen atoms in total. The van der Waals surface area contributed by atoms with Crippen LogP contribution in [0.15, 0.2) is 78.9 Å². The average Bonchev–Trinajstić information content (AvgIpc) is 2.77. The highest BCUT2D eigenvalue weighted by molar-refractivity contribution is 7.92. The number of carbonyl (C=O) groups is 1. The Hall–Kier alpha value is -3.32. The van der Waals surface area contributed by atoms with Gasteiger partial charge in [-0.15, -0.1) is 0 Å². The molecule has 0 saturated heterocycles. The first-order valence-corrected chi connectivity index (χ1v) is 12.2. The van der Waals surface area contributed by atoms with Crippen molar-refractivity contribution < 1.29 is 17.9 Å². The monoisotopic (exact) mass is 452 g/mol. The van der Waals surface area contributed by atoms with Gasteiger partial charge in [0, 0.05) is 0 Å². The van der Waals surface area contributed by atoms with Gasteiger partial charge in [-0.3, -0.25) is 9.10 Å².